The van der Waals surface area contributed by atoms with E-state index in [0.717, 1.165) is 41.1 Å². The summed E-state index contributed by atoms with van der Waals surface area (Å²) in [7, 11) is 1.62. The van der Waals surface area contributed by atoms with Crippen LogP contribution in [0.2, 0.25) is 0 Å². The van der Waals surface area contributed by atoms with Crippen molar-refractivity contribution in [1.82, 2.24) is 5.32 Å². The lowest BCUT2D eigenvalue weighted by atomic mass is 10.1. The fourth-order valence-corrected chi connectivity index (χ4v) is 4.07. The zero-order valence-electron chi connectivity index (χ0n) is 16.2. The average Bonchev–Trinajstić information content (AvgIpc) is 3.39. The van der Waals surface area contributed by atoms with Gasteiger partial charge >= 0.3 is 0 Å². The van der Waals surface area contributed by atoms with Crippen molar-refractivity contribution in [2.45, 2.75) is 31.7 Å². The van der Waals surface area contributed by atoms with E-state index < -0.39 is 0 Å². The number of fused-ring (bicyclic) bond motifs is 1. The molecule has 3 heterocycles. The molecule has 2 aromatic heterocycles. The first-order chi connectivity index (χ1) is 13.7. The third-order valence-corrected chi connectivity index (χ3v) is 5.59. The summed E-state index contributed by atoms with van der Waals surface area (Å²) in [6.07, 6.45) is 7.40. The molecule has 1 aliphatic rings. The van der Waals surface area contributed by atoms with Gasteiger partial charge in [0.2, 0.25) is 5.91 Å². The zero-order valence-corrected chi connectivity index (χ0v) is 16.2. The van der Waals surface area contributed by atoms with Gasteiger partial charge in [0, 0.05) is 17.0 Å². The Hall–Kier alpha value is -2.73. The lowest BCUT2D eigenvalue weighted by Crippen LogP contribution is -3.13. The molecule has 0 radical (unpaired) electrons. The van der Waals surface area contributed by atoms with Gasteiger partial charge in [-0.05, 0) is 43.5 Å². The molecule has 2 N–H and O–H groups in total. The molecule has 1 amide bonds. The summed E-state index contributed by atoms with van der Waals surface area (Å²) >= 11 is 0. The quantitative estimate of drug-likeness (QED) is 0.658. The van der Waals surface area contributed by atoms with Gasteiger partial charge in [0.15, 0.2) is 11.8 Å². The molecule has 6 heteroatoms. The largest absolute Gasteiger partial charge is 0.497 e. The van der Waals surface area contributed by atoms with Gasteiger partial charge in [-0.15, -0.1) is 0 Å². The predicted octanol–water partition coefficient (Wildman–Crippen LogP) is 2.50. The second-order valence-corrected chi connectivity index (χ2v) is 7.39. The van der Waals surface area contributed by atoms with Crippen LogP contribution in [0.1, 0.15) is 36.6 Å². The summed E-state index contributed by atoms with van der Waals surface area (Å²) in [4.78, 5) is 14.1. The number of furan rings is 2. The van der Waals surface area contributed by atoms with E-state index in [-0.39, 0.29) is 11.9 Å². The highest BCUT2D eigenvalue weighted by Gasteiger charge is 2.28. The Bertz CT molecular complexity index is 910. The van der Waals surface area contributed by atoms with Crippen molar-refractivity contribution < 1.29 is 23.3 Å². The molecule has 1 aliphatic heterocycles. The number of ether oxygens (including phenoxy) is 1. The van der Waals surface area contributed by atoms with Gasteiger partial charge < -0.3 is 23.8 Å². The summed E-state index contributed by atoms with van der Waals surface area (Å²) in [6.45, 7) is 2.82. The second kappa shape index (κ2) is 8.52. The number of carbonyl (C=O) groups excluding carboxylic acids is 1. The average molecular weight is 383 g/mol. The van der Waals surface area contributed by atoms with Gasteiger partial charge in [-0.3, -0.25) is 4.79 Å². The number of quaternary nitrogens is 1. The highest BCUT2D eigenvalue weighted by molar-refractivity contribution is 5.88. The Balaban J connectivity index is 1.41. The first kappa shape index (κ1) is 18.6. The molecular formula is C22H27N2O4+. The number of piperidine rings is 1. The number of hydrogen-bond acceptors (Lipinski definition) is 4. The van der Waals surface area contributed by atoms with Crippen LogP contribution in [0.5, 0.6) is 5.75 Å². The molecule has 148 valence electrons. The first-order valence-electron chi connectivity index (χ1n) is 9.93. The van der Waals surface area contributed by atoms with Crippen LogP contribution in [-0.2, 0) is 11.2 Å². The molecule has 0 bridgehead atoms. The van der Waals surface area contributed by atoms with Crippen LogP contribution >= 0.6 is 0 Å². The highest BCUT2D eigenvalue weighted by Crippen LogP contribution is 2.25. The number of amides is 1. The Labute approximate surface area is 164 Å². The fraction of sp³-hybridized carbons (Fsp3) is 0.409. The van der Waals surface area contributed by atoms with Crippen LogP contribution in [0, 0.1) is 0 Å². The van der Waals surface area contributed by atoms with Crippen molar-refractivity contribution in [3.05, 3.63) is 54.2 Å². The van der Waals surface area contributed by atoms with Gasteiger partial charge in [0.1, 0.15) is 11.3 Å². The Morgan fingerprint density at radius 1 is 1.21 bits per heavy atom. The van der Waals surface area contributed by atoms with Gasteiger partial charge in [-0.2, -0.15) is 0 Å². The second-order valence-electron chi connectivity index (χ2n) is 7.39. The van der Waals surface area contributed by atoms with Crippen LogP contribution < -0.4 is 15.0 Å². The monoisotopic (exact) mass is 383 g/mol. The molecule has 1 fully saturated rings. The lowest BCUT2D eigenvalue weighted by molar-refractivity contribution is -0.936. The summed E-state index contributed by atoms with van der Waals surface area (Å²) in [6, 6.07) is 9.73. The van der Waals surface area contributed by atoms with Crippen LogP contribution in [0.3, 0.4) is 0 Å². The molecule has 3 aromatic rings. The van der Waals surface area contributed by atoms with Crippen molar-refractivity contribution in [3.63, 3.8) is 0 Å². The summed E-state index contributed by atoms with van der Waals surface area (Å²) in [5.41, 5.74) is 1.61. The third-order valence-electron chi connectivity index (χ3n) is 5.59. The fourth-order valence-electron chi connectivity index (χ4n) is 4.07. The minimum atomic E-state index is -0.00789. The van der Waals surface area contributed by atoms with Crippen LogP contribution in [0.4, 0.5) is 0 Å². The van der Waals surface area contributed by atoms with Crippen molar-refractivity contribution >= 4 is 16.9 Å². The van der Waals surface area contributed by atoms with E-state index in [4.69, 9.17) is 13.6 Å². The van der Waals surface area contributed by atoms with Crippen LogP contribution in [0.25, 0.3) is 11.0 Å². The third kappa shape index (κ3) is 4.07. The Morgan fingerprint density at radius 3 is 2.82 bits per heavy atom. The normalized spacial score (nSPS) is 16.2. The van der Waals surface area contributed by atoms with Crippen molar-refractivity contribution in [2.24, 2.45) is 0 Å². The van der Waals surface area contributed by atoms with E-state index in [2.05, 4.69) is 5.32 Å². The Morgan fingerprint density at radius 2 is 2.07 bits per heavy atom. The molecule has 6 nitrogen and oxygen atoms in total. The van der Waals surface area contributed by atoms with E-state index in [1.54, 1.807) is 19.6 Å². The Kier molecular flexibility index (Phi) is 5.67. The minimum absolute atomic E-state index is 0.00789. The van der Waals surface area contributed by atoms with Crippen LogP contribution in [0.15, 0.2) is 51.7 Å². The summed E-state index contributed by atoms with van der Waals surface area (Å²) < 4.78 is 16.5. The van der Waals surface area contributed by atoms with E-state index in [0.29, 0.717) is 13.0 Å². The molecule has 28 heavy (non-hydrogen) atoms. The minimum Gasteiger partial charge on any atom is -0.497 e. The molecule has 0 aliphatic carbocycles. The van der Waals surface area contributed by atoms with Gasteiger partial charge in [0.25, 0.3) is 0 Å². The van der Waals surface area contributed by atoms with Crippen molar-refractivity contribution in [1.29, 1.82) is 0 Å². The number of nitrogens with one attached hydrogen (secondary N) is 2. The molecule has 0 spiro atoms. The van der Waals surface area contributed by atoms with Crippen molar-refractivity contribution in [3.8, 4) is 5.75 Å². The number of rotatable bonds is 7. The summed E-state index contributed by atoms with van der Waals surface area (Å²) in [5, 5.41) is 4.05. The van der Waals surface area contributed by atoms with Gasteiger partial charge in [0.05, 0.1) is 45.7 Å². The van der Waals surface area contributed by atoms with E-state index >= 15 is 0 Å². The van der Waals surface area contributed by atoms with E-state index in [1.165, 1.54) is 24.2 Å². The first-order valence-corrected chi connectivity index (χ1v) is 9.93. The molecule has 1 atom stereocenters. The summed E-state index contributed by atoms with van der Waals surface area (Å²) in [5.74, 6) is 1.67. The number of hydrogen-bond donors (Lipinski definition) is 2. The lowest BCUT2D eigenvalue weighted by Gasteiger charge is -2.30. The molecule has 1 aromatic carbocycles. The van der Waals surface area contributed by atoms with E-state index in [1.807, 2.05) is 30.3 Å². The molecule has 4 rings (SSSR count). The van der Waals surface area contributed by atoms with Crippen molar-refractivity contribution in [2.75, 3.05) is 26.7 Å². The van der Waals surface area contributed by atoms with Gasteiger partial charge in [-0.1, -0.05) is 0 Å². The number of carbonyl (C=O) groups is 1. The number of methoxy groups -OCH3 is 1. The highest BCUT2D eigenvalue weighted by atomic mass is 16.5. The van der Waals surface area contributed by atoms with Crippen LogP contribution in [-0.4, -0.2) is 32.7 Å². The maximum Gasteiger partial charge on any atom is 0.224 e. The smallest absolute Gasteiger partial charge is 0.224 e. The predicted molar refractivity (Wildman–Crippen MR) is 105 cm³/mol. The molecule has 0 saturated carbocycles. The molecule has 0 unspecified atom stereocenters. The topological polar surface area (TPSA) is 69.0 Å². The standard InChI is InChI=1S/C22H26N2O4/c1-26-17-7-8-18-16(15-28-21(18)13-17)12-22(25)23-14-19(20-6-5-11-27-20)24-9-3-2-4-10-24/h5-8,11,13,15,19H,2-4,9-10,12,14H2,1H3,(H,23,25)/p+1/t19-/m0/s1. The SMILES string of the molecule is COc1ccc2c(CC(=O)NC[C@@H](c3ccco3)[NH+]3CCCCC3)coc2c1. The maximum absolute atomic E-state index is 12.6. The zero-order chi connectivity index (χ0) is 19.3. The number of likely N-dealkylation sites (tertiary alicyclic amines) is 1. The molecular weight excluding hydrogens is 356 g/mol. The maximum atomic E-state index is 12.6. The van der Waals surface area contributed by atoms with Gasteiger partial charge in [-0.25, -0.2) is 0 Å². The molecule has 1 saturated heterocycles. The number of benzene rings is 1. The van der Waals surface area contributed by atoms with E-state index in [9.17, 15) is 4.79 Å².